The molecule has 3 aromatic rings. The summed E-state index contributed by atoms with van der Waals surface area (Å²) in [7, 11) is 1.58. The smallest absolute Gasteiger partial charge is 0.265 e. The second-order valence-corrected chi connectivity index (χ2v) is 7.78. The quantitative estimate of drug-likeness (QED) is 0.485. The molecule has 0 saturated heterocycles. The minimum atomic E-state index is -0.235. The van der Waals surface area contributed by atoms with Crippen molar-refractivity contribution in [3.05, 3.63) is 45.8 Å². The van der Waals surface area contributed by atoms with Gasteiger partial charge in [-0.15, -0.1) is 0 Å². The van der Waals surface area contributed by atoms with Crippen LogP contribution in [0.3, 0.4) is 0 Å². The highest BCUT2D eigenvalue weighted by molar-refractivity contribution is 7.99. The Morgan fingerprint density at radius 2 is 2.32 bits per heavy atom. The van der Waals surface area contributed by atoms with Crippen LogP contribution in [0.25, 0.3) is 16.7 Å². The number of carbonyl (C=O) groups excluding carboxylic acids is 1. The molecule has 28 heavy (non-hydrogen) atoms. The monoisotopic (exact) mass is 419 g/mol. The number of thioether (sulfide) groups is 1. The molecule has 8 nitrogen and oxygen atoms in total. The van der Waals surface area contributed by atoms with Gasteiger partial charge in [0, 0.05) is 30.9 Å². The van der Waals surface area contributed by atoms with Crippen molar-refractivity contribution in [2.45, 2.75) is 17.6 Å². The van der Waals surface area contributed by atoms with E-state index in [4.69, 9.17) is 16.3 Å². The van der Waals surface area contributed by atoms with Gasteiger partial charge in [-0.3, -0.25) is 14.2 Å². The summed E-state index contributed by atoms with van der Waals surface area (Å²) in [6.07, 6.45) is 1.73. The molecule has 3 heterocycles. The number of fused-ring (bicyclic) bond motifs is 2. The van der Waals surface area contributed by atoms with Crippen LogP contribution < -0.4 is 10.9 Å². The Balaban J connectivity index is 1.66. The van der Waals surface area contributed by atoms with Gasteiger partial charge in [0.2, 0.25) is 5.91 Å². The summed E-state index contributed by atoms with van der Waals surface area (Å²) >= 11 is 7.54. The third-order valence-electron chi connectivity index (χ3n) is 4.47. The fraction of sp³-hybridized carbons (Fsp3) is 0.333. The third-order valence-corrected chi connectivity index (χ3v) is 5.81. The first kappa shape index (κ1) is 19.0. The van der Waals surface area contributed by atoms with Crippen LogP contribution in [0, 0.1) is 0 Å². The highest BCUT2D eigenvalue weighted by Gasteiger charge is 2.29. The van der Waals surface area contributed by atoms with Crippen LogP contribution >= 0.6 is 23.4 Å². The van der Waals surface area contributed by atoms with E-state index < -0.39 is 0 Å². The number of amides is 1. The van der Waals surface area contributed by atoms with Crippen molar-refractivity contribution in [3.63, 3.8) is 0 Å². The van der Waals surface area contributed by atoms with E-state index in [1.807, 2.05) is 12.1 Å². The van der Waals surface area contributed by atoms with Crippen LogP contribution in [-0.2, 0) is 9.53 Å². The number of ether oxygens (including phenoxy) is 1. The van der Waals surface area contributed by atoms with Gasteiger partial charge in [0.1, 0.15) is 5.39 Å². The number of carbonyl (C=O) groups is 1. The topological polar surface area (TPSA) is 91.0 Å². The van der Waals surface area contributed by atoms with Gasteiger partial charge in [-0.2, -0.15) is 5.10 Å². The molecule has 0 radical (unpaired) electrons. The van der Waals surface area contributed by atoms with Crippen molar-refractivity contribution < 1.29 is 9.53 Å². The van der Waals surface area contributed by atoms with Gasteiger partial charge in [0.15, 0.2) is 10.8 Å². The number of aromatic nitrogens is 4. The average molecular weight is 420 g/mol. The zero-order valence-corrected chi connectivity index (χ0v) is 16.7. The van der Waals surface area contributed by atoms with Crippen molar-refractivity contribution in [1.82, 2.24) is 24.6 Å². The van der Waals surface area contributed by atoms with E-state index in [1.165, 1.54) is 18.0 Å². The molecule has 1 unspecified atom stereocenters. The maximum absolute atomic E-state index is 13.1. The first-order valence-electron chi connectivity index (χ1n) is 8.73. The van der Waals surface area contributed by atoms with Gasteiger partial charge in [0.05, 0.1) is 24.5 Å². The first-order valence-corrected chi connectivity index (χ1v) is 10.1. The summed E-state index contributed by atoms with van der Waals surface area (Å²) in [6.45, 7) is 0.896. The number of benzene rings is 1. The van der Waals surface area contributed by atoms with Crippen LogP contribution in [0.1, 0.15) is 12.5 Å². The van der Waals surface area contributed by atoms with Crippen LogP contribution in [-0.4, -0.2) is 51.3 Å². The summed E-state index contributed by atoms with van der Waals surface area (Å²) < 4.78 is 8.14. The number of nitrogens with one attached hydrogen (secondary N) is 1. The van der Waals surface area contributed by atoms with Gasteiger partial charge >= 0.3 is 0 Å². The van der Waals surface area contributed by atoms with E-state index >= 15 is 0 Å². The molecule has 2 aromatic heterocycles. The second-order valence-electron chi connectivity index (χ2n) is 6.35. The van der Waals surface area contributed by atoms with Gasteiger partial charge < -0.3 is 10.1 Å². The van der Waals surface area contributed by atoms with Gasteiger partial charge in [0.25, 0.3) is 5.56 Å². The highest BCUT2D eigenvalue weighted by Crippen LogP contribution is 2.33. The van der Waals surface area contributed by atoms with Crippen molar-refractivity contribution in [3.8, 4) is 5.69 Å². The van der Waals surface area contributed by atoms with Crippen LogP contribution in [0.15, 0.2) is 40.4 Å². The zero-order valence-electron chi connectivity index (χ0n) is 15.1. The molecule has 1 aromatic carbocycles. The lowest BCUT2D eigenvalue weighted by Gasteiger charge is -2.13. The minimum Gasteiger partial charge on any atom is -0.383 e. The van der Waals surface area contributed by atoms with E-state index in [9.17, 15) is 9.59 Å². The second kappa shape index (κ2) is 7.94. The predicted molar refractivity (Wildman–Crippen MR) is 107 cm³/mol. The number of hydrogen-bond acceptors (Lipinski definition) is 6. The minimum absolute atomic E-state index is 0.114. The van der Waals surface area contributed by atoms with Crippen molar-refractivity contribution in [2.75, 3.05) is 26.0 Å². The Bertz CT molecular complexity index is 1100. The van der Waals surface area contributed by atoms with Crippen LogP contribution in [0.4, 0.5) is 0 Å². The Labute approximate surface area is 169 Å². The number of nitrogens with zero attached hydrogens (tertiary/aromatic N) is 4. The summed E-state index contributed by atoms with van der Waals surface area (Å²) in [5, 5.41) is 8.70. The molecule has 0 fully saturated rings. The van der Waals surface area contributed by atoms with Crippen molar-refractivity contribution in [2.24, 2.45) is 0 Å². The molecular weight excluding hydrogens is 402 g/mol. The molecule has 10 heteroatoms. The normalized spacial score (nSPS) is 15.7. The van der Waals surface area contributed by atoms with Crippen molar-refractivity contribution in [1.29, 1.82) is 0 Å². The third kappa shape index (κ3) is 3.52. The van der Waals surface area contributed by atoms with E-state index in [-0.39, 0.29) is 23.9 Å². The van der Waals surface area contributed by atoms with E-state index in [0.29, 0.717) is 40.1 Å². The molecule has 1 atom stereocenters. The molecule has 0 bridgehead atoms. The summed E-state index contributed by atoms with van der Waals surface area (Å²) in [6, 6.07) is 6.97. The molecular formula is C18H18ClN5O3S. The molecule has 1 amide bonds. The number of halogens is 1. The first-order chi connectivity index (χ1) is 13.6. The fourth-order valence-corrected chi connectivity index (χ4v) is 4.47. The van der Waals surface area contributed by atoms with Gasteiger partial charge in [-0.05, 0) is 18.2 Å². The number of rotatable bonds is 6. The Hall–Kier alpha value is -2.36. The summed E-state index contributed by atoms with van der Waals surface area (Å²) in [4.78, 5) is 29.8. The molecule has 0 spiro atoms. The number of hydrogen-bond donors (Lipinski definition) is 1. The Morgan fingerprint density at radius 3 is 3.11 bits per heavy atom. The van der Waals surface area contributed by atoms with Crippen LogP contribution in [0.5, 0.6) is 0 Å². The molecule has 1 aliphatic heterocycles. The zero-order chi connectivity index (χ0) is 19.7. The molecule has 0 saturated carbocycles. The Morgan fingerprint density at radius 1 is 1.46 bits per heavy atom. The van der Waals surface area contributed by atoms with Gasteiger partial charge in [-0.25, -0.2) is 9.67 Å². The summed E-state index contributed by atoms with van der Waals surface area (Å²) in [5.74, 6) is 0.508. The lowest BCUT2D eigenvalue weighted by molar-refractivity contribution is -0.121. The summed E-state index contributed by atoms with van der Waals surface area (Å²) in [5.41, 5.74) is 1.03. The van der Waals surface area contributed by atoms with E-state index in [2.05, 4.69) is 15.4 Å². The van der Waals surface area contributed by atoms with Gasteiger partial charge in [-0.1, -0.05) is 29.4 Å². The van der Waals surface area contributed by atoms with E-state index in [1.54, 1.807) is 28.5 Å². The van der Waals surface area contributed by atoms with Crippen molar-refractivity contribution >= 4 is 40.3 Å². The lowest BCUT2D eigenvalue weighted by atomic mass is 10.2. The highest BCUT2D eigenvalue weighted by atomic mass is 35.5. The molecule has 1 aliphatic rings. The standard InChI is InChI=1S/C18H18ClN5O3S/c1-27-6-5-20-15(25)8-13-10-28-18-22-16-14(17(26)23(13)18)9-21-24(16)12-4-2-3-11(19)7-12/h2-4,7,9,13H,5-6,8,10H2,1H3,(H,20,25). The Kier molecular flexibility index (Phi) is 5.38. The van der Waals surface area contributed by atoms with Crippen LogP contribution in [0.2, 0.25) is 5.02 Å². The maximum Gasteiger partial charge on any atom is 0.265 e. The molecule has 146 valence electrons. The maximum atomic E-state index is 13.1. The van der Waals surface area contributed by atoms with E-state index in [0.717, 1.165) is 5.69 Å². The molecule has 0 aliphatic carbocycles. The SMILES string of the molecule is COCCNC(=O)CC1CSc2nc3c(cnn3-c3cccc(Cl)c3)c(=O)n21. The lowest BCUT2D eigenvalue weighted by Crippen LogP contribution is -2.32. The average Bonchev–Trinajstić information content (AvgIpc) is 3.27. The largest absolute Gasteiger partial charge is 0.383 e. The fourth-order valence-electron chi connectivity index (χ4n) is 3.16. The molecule has 1 N–H and O–H groups in total. The molecule has 4 rings (SSSR count). The number of methoxy groups -OCH3 is 1. The predicted octanol–water partition coefficient (Wildman–Crippen LogP) is 2.04.